The van der Waals surface area contributed by atoms with E-state index in [2.05, 4.69) is 25.7 Å². The second kappa shape index (κ2) is 23.0. The van der Waals surface area contributed by atoms with Gasteiger partial charge in [0.2, 0.25) is 0 Å². The van der Waals surface area contributed by atoms with Crippen molar-refractivity contribution in [3.63, 3.8) is 0 Å². The van der Waals surface area contributed by atoms with E-state index in [1.807, 2.05) is 0 Å². The van der Waals surface area contributed by atoms with Crippen LogP contribution in [-0.2, 0) is 24.2 Å². The van der Waals surface area contributed by atoms with E-state index in [1.54, 1.807) is 0 Å². The molecule has 2 N–H and O–H groups in total. The Morgan fingerprint density at radius 1 is 0.513 bits per heavy atom. The van der Waals surface area contributed by atoms with Crippen LogP contribution in [0.15, 0.2) is 0 Å². The van der Waals surface area contributed by atoms with Crippen molar-refractivity contribution in [3.8, 4) is 11.5 Å². The molecule has 0 saturated carbocycles. The van der Waals surface area contributed by atoms with Crippen molar-refractivity contribution in [1.82, 2.24) is 0 Å². The molecule has 4 nitrogen and oxygen atoms in total. The molecule has 0 aliphatic carbocycles. The fourth-order valence-corrected chi connectivity index (χ4v) is 5.76. The van der Waals surface area contributed by atoms with Crippen molar-refractivity contribution in [2.24, 2.45) is 0 Å². The molecule has 0 aromatic heterocycles. The molecule has 0 bridgehead atoms. The first-order valence-electron chi connectivity index (χ1n) is 16.4. The van der Waals surface area contributed by atoms with Crippen molar-refractivity contribution in [3.05, 3.63) is 22.3 Å². The van der Waals surface area contributed by atoms with Gasteiger partial charge in [0.1, 0.15) is 5.56 Å². The van der Waals surface area contributed by atoms with Crippen LogP contribution in [0.2, 0.25) is 0 Å². The minimum atomic E-state index is -1.20. The number of phenols is 2. The van der Waals surface area contributed by atoms with Crippen molar-refractivity contribution in [2.75, 3.05) is 0 Å². The Hall–Kier alpha value is -1.78. The zero-order valence-electron chi connectivity index (χ0n) is 25.6. The summed E-state index contributed by atoms with van der Waals surface area (Å²) in [6.45, 7) is 6.64. The van der Waals surface area contributed by atoms with Crippen LogP contribution in [0.3, 0.4) is 0 Å². The van der Waals surface area contributed by atoms with E-state index in [0.29, 0.717) is 18.4 Å². The summed E-state index contributed by atoms with van der Waals surface area (Å²) in [7, 11) is 0. The lowest BCUT2D eigenvalue weighted by molar-refractivity contribution is -0.0791. The molecule has 0 saturated heterocycles. The number of rotatable bonds is 25. The zero-order valence-corrected chi connectivity index (χ0v) is 25.6. The summed E-state index contributed by atoms with van der Waals surface area (Å²) in [5, 5.41) is 21.9. The molecule has 226 valence electrons. The van der Waals surface area contributed by atoms with E-state index in [0.717, 1.165) is 68.9 Å². The second-order valence-electron chi connectivity index (χ2n) is 11.5. The summed E-state index contributed by atoms with van der Waals surface area (Å²) in [4.78, 5) is 16.1. The molecule has 1 aromatic rings. The molecular weight excluding hydrogens is 491 g/mol. The highest BCUT2D eigenvalue weighted by atomic mass is 19.3. The van der Waals surface area contributed by atoms with Gasteiger partial charge < -0.3 is 10.2 Å². The summed E-state index contributed by atoms with van der Waals surface area (Å²) in [5.41, 5.74) is 2.20. The number of hydrogen-bond acceptors (Lipinski definition) is 4. The zero-order chi connectivity index (χ0) is 28.7. The lowest BCUT2D eigenvalue weighted by atomic mass is 9.85. The number of halogens is 1. The van der Waals surface area contributed by atoms with Gasteiger partial charge in [-0.05, 0) is 49.7 Å². The monoisotopic (exact) mass is 550 g/mol. The first-order chi connectivity index (χ1) is 19.0. The van der Waals surface area contributed by atoms with E-state index >= 15 is 0 Å². The van der Waals surface area contributed by atoms with Crippen molar-refractivity contribution in [1.29, 1.82) is 0 Å². The Morgan fingerprint density at radius 3 is 1.23 bits per heavy atom. The molecule has 1 aromatic carbocycles. The molecular formula is C34H59FO4. The molecule has 0 unspecified atom stereocenters. The lowest BCUT2D eigenvalue weighted by Crippen LogP contribution is -2.12. The van der Waals surface area contributed by atoms with E-state index in [9.17, 15) is 19.5 Å². The number of benzene rings is 1. The standard InChI is InChI=1S/C34H59FO4/c1-4-7-10-13-16-19-22-25-28-29(26-23-20-17-14-11-8-5-2)31(34(38)39-35)33(37)32(36)30(28)27-24-21-18-15-12-9-6-3/h36-37H,4-27H2,1-3H3. The van der Waals surface area contributed by atoms with Gasteiger partial charge in [-0.3, -0.25) is 0 Å². The molecule has 0 atom stereocenters. The van der Waals surface area contributed by atoms with Crippen LogP contribution < -0.4 is 0 Å². The SMILES string of the molecule is CCCCCCCCCc1c(O)c(O)c(C(=O)OF)c(CCCCCCCCC)c1CCCCCCCCC. The molecule has 5 heteroatoms. The van der Waals surface area contributed by atoms with Crippen LogP contribution in [0.5, 0.6) is 11.5 Å². The van der Waals surface area contributed by atoms with Gasteiger partial charge in [-0.2, -0.15) is 0 Å². The van der Waals surface area contributed by atoms with Crippen LogP contribution >= 0.6 is 0 Å². The Balaban J connectivity index is 3.09. The highest BCUT2D eigenvalue weighted by Crippen LogP contribution is 2.41. The highest BCUT2D eigenvalue weighted by Gasteiger charge is 2.28. The van der Waals surface area contributed by atoms with Crippen LogP contribution in [0.4, 0.5) is 4.53 Å². The maximum Gasteiger partial charge on any atom is 0.383 e. The topological polar surface area (TPSA) is 66.8 Å². The summed E-state index contributed by atoms with van der Waals surface area (Å²) >= 11 is 0. The van der Waals surface area contributed by atoms with E-state index in [1.165, 1.54) is 83.5 Å². The van der Waals surface area contributed by atoms with Crippen LogP contribution in [0.1, 0.15) is 183 Å². The molecule has 0 fully saturated rings. The summed E-state index contributed by atoms with van der Waals surface area (Å²) in [6, 6.07) is 0. The Labute approximate surface area is 239 Å². The van der Waals surface area contributed by atoms with Gasteiger partial charge in [0.05, 0.1) is 0 Å². The molecule has 39 heavy (non-hydrogen) atoms. The summed E-state index contributed by atoms with van der Waals surface area (Å²) in [6.07, 6.45) is 26.2. The van der Waals surface area contributed by atoms with E-state index < -0.39 is 11.7 Å². The van der Waals surface area contributed by atoms with Crippen molar-refractivity contribution in [2.45, 2.75) is 175 Å². The van der Waals surface area contributed by atoms with Crippen LogP contribution in [-0.4, -0.2) is 16.2 Å². The van der Waals surface area contributed by atoms with Gasteiger partial charge in [0, 0.05) is 10.1 Å². The number of carbonyl (C=O) groups is 1. The third-order valence-corrected chi connectivity index (χ3v) is 8.14. The fourth-order valence-electron chi connectivity index (χ4n) is 5.76. The third kappa shape index (κ3) is 13.9. The Morgan fingerprint density at radius 2 is 0.846 bits per heavy atom. The minimum absolute atomic E-state index is 0.178. The van der Waals surface area contributed by atoms with Crippen LogP contribution in [0.25, 0.3) is 0 Å². The van der Waals surface area contributed by atoms with Crippen LogP contribution in [0, 0.1) is 0 Å². The van der Waals surface area contributed by atoms with Crippen molar-refractivity contribution >= 4 is 5.97 Å². The van der Waals surface area contributed by atoms with Gasteiger partial charge in [-0.15, -0.1) is 0 Å². The average Bonchev–Trinajstić information content (AvgIpc) is 2.94. The normalized spacial score (nSPS) is 11.3. The molecule has 0 radical (unpaired) electrons. The first-order valence-corrected chi connectivity index (χ1v) is 16.4. The van der Waals surface area contributed by atoms with Gasteiger partial charge in [-0.1, -0.05) is 136 Å². The Kier molecular flexibility index (Phi) is 20.8. The highest BCUT2D eigenvalue weighted by molar-refractivity contribution is 5.95. The fraction of sp³-hybridized carbons (Fsp3) is 0.794. The first kappa shape index (κ1) is 35.2. The molecule has 0 heterocycles. The Bertz CT molecular complexity index is 777. The molecule has 1 rings (SSSR count). The number of carbonyl (C=O) groups excluding carboxylic acids is 1. The van der Waals surface area contributed by atoms with E-state index in [-0.39, 0.29) is 11.3 Å². The lowest BCUT2D eigenvalue weighted by Gasteiger charge is -2.21. The summed E-state index contributed by atoms with van der Waals surface area (Å²) in [5.74, 6) is -1.98. The molecule has 0 aliphatic rings. The van der Waals surface area contributed by atoms with Gasteiger partial charge in [-0.25, -0.2) is 9.74 Å². The maximum absolute atomic E-state index is 13.1. The predicted molar refractivity (Wildman–Crippen MR) is 161 cm³/mol. The number of aromatic hydroxyl groups is 2. The van der Waals surface area contributed by atoms with E-state index in [4.69, 9.17) is 0 Å². The number of unbranched alkanes of at least 4 members (excludes halogenated alkanes) is 18. The maximum atomic E-state index is 13.1. The van der Waals surface area contributed by atoms with Crippen molar-refractivity contribution < 1.29 is 24.5 Å². The molecule has 0 aliphatic heterocycles. The predicted octanol–water partition coefficient (Wildman–Crippen LogP) is 11.0. The largest absolute Gasteiger partial charge is 0.504 e. The second-order valence-corrected chi connectivity index (χ2v) is 11.5. The van der Waals surface area contributed by atoms with Gasteiger partial charge in [0.25, 0.3) is 0 Å². The number of phenolic OH excluding ortho intramolecular Hbond substituents is 2. The number of hydrogen-bond donors (Lipinski definition) is 2. The molecule has 0 spiro atoms. The van der Waals surface area contributed by atoms with Gasteiger partial charge >= 0.3 is 5.97 Å². The molecule has 0 amide bonds. The smallest absolute Gasteiger partial charge is 0.383 e. The quantitative estimate of drug-likeness (QED) is 0.0938. The third-order valence-electron chi connectivity index (χ3n) is 8.14. The average molecular weight is 551 g/mol. The summed E-state index contributed by atoms with van der Waals surface area (Å²) < 4.78 is 13.1. The van der Waals surface area contributed by atoms with Gasteiger partial charge in [0.15, 0.2) is 11.5 Å². The minimum Gasteiger partial charge on any atom is -0.504 e.